The Morgan fingerprint density at radius 2 is 2.00 bits per heavy atom. The summed E-state index contributed by atoms with van der Waals surface area (Å²) in [4.78, 5) is 29.0. The number of benzene rings is 1. The van der Waals surface area contributed by atoms with Crippen LogP contribution in [-0.2, 0) is 17.1 Å². The summed E-state index contributed by atoms with van der Waals surface area (Å²) in [6, 6.07) is 9.54. The van der Waals surface area contributed by atoms with Crippen LogP contribution in [0.25, 0.3) is 10.2 Å². The average Bonchev–Trinajstić information content (AvgIpc) is 3.19. The van der Waals surface area contributed by atoms with Gasteiger partial charge in [0.25, 0.3) is 5.56 Å². The molecule has 1 aliphatic carbocycles. The van der Waals surface area contributed by atoms with E-state index in [0.717, 1.165) is 23.9 Å². The molecule has 5 nitrogen and oxygen atoms in total. The predicted molar refractivity (Wildman–Crippen MR) is 115 cm³/mol. The molecule has 0 bridgehead atoms. The van der Waals surface area contributed by atoms with Crippen LogP contribution in [0.4, 0.5) is 0 Å². The smallest absolute Gasteiger partial charge is 0.272 e. The van der Waals surface area contributed by atoms with E-state index in [2.05, 4.69) is 0 Å². The topological polar surface area (TPSA) is 75.0 Å². The molecule has 2 heterocycles. The molecule has 0 aliphatic heterocycles. The van der Waals surface area contributed by atoms with Gasteiger partial charge in [0.2, 0.25) is 0 Å². The van der Waals surface area contributed by atoms with Crippen molar-refractivity contribution in [3.8, 4) is 0 Å². The van der Waals surface area contributed by atoms with E-state index in [1.54, 1.807) is 4.57 Å². The Hall–Kier alpha value is -1.83. The third-order valence-electron chi connectivity index (χ3n) is 5.47. The summed E-state index contributed by atoms with van der Waals surface area (Å²) < 4.78 is 2.43. The van der Waals surface area contributed by atoms with E-state index in [1.165, 1.54) is 23.1 Å². The minimum atomic E-state index is -0.960. The van der Waals surface area contributed by atoms with Crippen LogP contribution in [0.3, 0.4) is 0 Å². The Balaban J connectivity index is 1.59. The van der Waals surface area contributed by atoms with E-state index >= 15 is 0 Å². The third kappa shape index (κ3) is 4.52. The van der Waals surface area contributed by atoms with E-state index in [9.17, 15) is 14.7 Å². The van der Waals surface area contributed by atoms with Crippen LogP contribution < -0.4 is 10.7 Å². The molecular formula is C21H20ClN2O3S2-. The van der Waals surface area contributed by atoms with Crippen LogP contribution in [0, 0.1) is 11.8 Å². The van der Waals surface area contributed by atoms with Gasteiger partial charge in [0.1, 0.15) is 4.70 Å². The second-order valence-corrected chi connectivity index (χ2v) is 9.63. The van der Waals surface area contributed by atoms with Crippen LogP contribution in [0.1, 0.15) is 31.2 Å². The van der Waals surface area contributed by atoms with Crippen LogP contribution in [0.5, 0.6) is 0 Å². The summed E-state index contributed by atoms with van der Waals surface area (Å²) in [5.41, 5.74) is 1.70. The molecule has 0 unspecified atom stereocenters. The number of hydrogen-bond acceptors (Lipinski definition) is 6. The van der Waals surface area contributed by atoms with Crippen molar-refractivity contribution < 1.29 is 9.90 Å². The summed E-state index contributed by atoms with van der Waals surface area (Å²) in [5.74, 6) is -0.436. The molecular weight excluding hydrogens is 428 g/mol. The standard InChI is InChI=1S/C21H21ClN2O3S2/c22-16-4-2-1-3-15(16)12-29-21-23-17-9-10-28-18(17)19(25)24(21)11-13-5-7-14(8-6-13)20(26)27/h1-4,9-10,13-14H,5-8,11-12H2,(H,26,27)/p-1. The SMILES string of the molecule is O=C([O-])C1CCC(Cn2c(SCc3ccccc3Cl)nc3ccsc3c2=O)CC1. The molecule has 3 aromatic rings. The molecule has 1 aliphatic rings. The van der Waals surface area contributed by atoms with E-state index in [1.807, 2.05) is 35.7 Å². The highest BCUT2D eigenvalue weighted by Crippen LogP contribution is 2.32. The first-order chi connectivity index (χ1) is 14.0. The van der Waals surface area contributed by atoms with Gasteiger partial charge in [-0.05, 0) is 60.6 Å². The number of nitrogens with zero attached hydrogens (tertiary/aromatic N) is 2. The van der Waals surface area contributed by atoms with E-state index < -0.39 is 5.97 Å². The zero-order valence-electron chi connectivity index (χ0n) is 15.7. The largest absolute Gasteiger partial charge is 0.550 e. The quantitative estimate of drug-likeness (QED) is 0.422. The fourth-order valence-corrected chi connectivity index (χ4v) is 5.86. The van der Waals surface area contributed by atoms with Crippen molar-refractivity contribution in [2.24, 2.45) is 11.8 Å². The number of carbonyl (C=O) groups excluding carboxylic acids is 1. The van der Waals surface area contributed by atoms with Crippen LogP contribution >= 0.6 is 34.7 Å². The molecule has 2 aromatic heterocycles. The summed E-state index contributed by atoms with van der Waals surface area (Å²) in [7, 11) is 0. The number of carboxylic acid groups (broad SMARTS) is 1. The first-order valence-corrected chi connectivity index (χ1v) is 11.8. The zero-order valence-corrected chi connectivity index (χ0v) is 18.1. The zero-order chi connectivity index (χ0) is 20.4. The molecule has 0 spiro atoms. The molecule has 0 radical (unpaired) electrons. The predicted octanol–water partition coefficient (Wildman–Crippen LogP) is 3.96. The minimum absolute atomic E-state index is 0.0197. The minimum Gasteiger partial charge on any atom is -0.550 e. The maximum Gasteiger partial charge on any atom is 0.272 e. The number of carboxylic acids is 1. The molecule has 0 atom stereocenters. The molecule has 1 fully saturated rings. The molecule has 0 saturated heterocycles. The van der Waals surface area contributed by atoms with Gasteiger partial charge in [-0.15, -0.1) is 11.3 Å². The molecule has 1 saturated carbocycles. The second kappa shape index (κ2) is 8.90. The Labute approximate surface area is 181 Å². The lowest BCUT2D eigenvalue weighted by atomic mass is 9.82. The van der Waals surface area contributed by atoms with Gasteiger partial charge in [0.05, 0.1) is 5.52 Å². The van der Waals surface area contributed by atoms with Crippen LogP contribution in [0.2, 0.25) is 5.02 Å². The van der Waals surface area contributed by atoms with Gasteiger partial charge in [0.15, 0.2) is 5.16 Å². The Kier molecular flexibility index (Phi) is 6.27. The fourth-order valence-electron chi connectivity index (χ4n) is 3.79. The van der Waals surface area contributed by atoms with Crippen molar-refractivity contribution in [1.82, 2.24) is 9.55 Å². The Morgan fingerprint density at radius 1 is 1.24 bits per heavy atom. The number of thioether (sulfide) groups is 1. The lowest BCUT2D eigenvalue weighted by Gasteiger charge is -2.29. The number of aromatic nitrogens is 2. The maximum absolute atomic E-state index is 13.1. The molecule has 0 N–H and O–H groups in total. The second-order valence-electron chi connectivity index (χ2n) is 7.36. The Morgan fingerprint density at radius 3 is 2.72 bits per heavy atom. The van der Waals surface area contributed by atoms with Crippen molar-refractivity contribution in [2.75, 3.05) is 0 Å². The number of halogens is 1. The van der Waals surface area contributed by atoms with Gasteiger partial charge in [-0.2, -0.15) is 0 Å². The van der Waals surface area contributed by atoms with Gasteiger partial charge >= 0.3 is 0 Å². The monoisotopic (exact) mass is 447 g/mol. The van der Waals surface area contributed by atoms with Crippen molar-refractivity contribution >= 4 is 50.9 Å². The summed E-state index contributed by atoms with van der Waals surface area (Å²) in [5, 5.41) is 14.4. The number of thiophene rings is 1. The normalized spacial score (nSPS) is 19.5. The highest BCUT2D eigenvalue weighted by atomic mass is 35.5. The third-order valence-corrected chi connectivity index (χ3v) is 7.75. The Bertz CT molecular complexity index is 1090. The highest BCUT2D eigenvalue weighted by Gasteiger charge is 2.24. The number of hydrogen-bond donors (Lipinski definition) is 0. The summed E-state index contributed by atoms with van der Waals surface area (Å²) in [6.45, 7) is 0.560. The van der Waals surface area contributed by atoms with Crippen LogP contribution in [0.15, 0.2) is 45.7 Å². The van der Waals surface area contributed by atoms with E-state index in [-0.39, 0.29) is 17.4 Å². The van der Waals surface area contributed by atoms with Crippen molar-refractivity contribution in [2.45, 2.75) is 43.1 Å². The summed E-state index contributed by atoms with van der Waals surface area (Å²) in [6.07, 6.45) is 2.78. The molecule has 8 heteroatoms. The van der Waals surface area contributed by atoms with Crippen molar-refractivity contribution in [1.29, 1.82) is 0 Å². The number of carbonyl (C=O) groups is 1. The number of fused-ring (bicyclic) bond motifs is 1. The van der Waals surface area contributed by atoms with E-state index in [4.69, 9.17) is 16.6 Å². The van der Waals surface area contributed by atoms with Gasteiger partial charge in [-0.25, -0.2) is 4.98 Å². The fraction of sp³-hybridized carbons (Fsp3) is 0.381. The van der Waals surface area contributed by atoms with Crippen LogP contribution in [-0.4, -0.2) is 15.5 Å². The first-order valence-electron chi connectivity index (χ1n) is 9.58. The highest BCUT2D eigenvalue weighted by molar-refractivity contribution is 7.98. The van der Waals surface area contributed by atoms with Crippen molar-refractivity contribution in [3.05, 3.63) is 56.7 Å². The lowest BCUT2D eigenvalue weighted by molar-refractivity contribution is -0.312. The lowest BCUT2D eigenvalue weighted by Crippen LogP contribution is -2.35. The summed E-state index contributed by atoms with van der Waals surface area (Å²) >= 11 is 9.20. The van der Waals surface area contributed by atoms with E-state index in [0.29, 0.717) is 40.0 Å². The average molecular weight is 448 g/mol. The van der Waals surface area contributed by atoms with Gasteiger partial charge in [-0.3, -0.25) is 9.36 Å². The molecule has 0 amide bonds. The van der Waals surface area contributed by atoms with Gasteiger partial charge in [-0.1, -0.05) is 41.6 Å². The molecule has 29 heavy (non-hydrogen) atoms. The first kappa shape index (κ1) is 20.4. The molecule has 1 aromatic carbocycles. The molecule has 4 rings (SSSR count). The maximum atomic E-state index is 13.1. The number of aliphatic carboxylic acids is 1. The molecule has 152 valence electrons. The van der Waals surface area contributed by atoms with Gasteiger partial charge in [0, 0.05) is 23.3 Å². The van der Waals surface area contributed by atoms with Gasteiger partial charge < -0.3 is 9.90 Å². The number of rotatable bonds is 6. The van der Waals surface area contributed by atoms with Crippen molar-refractivity contribution in [3.63, 3.8) is 0 Å².